The molecule has 1 atom stereocenters. The molecule has 1 rings (SSSR count). The monoisotopic (exact) mass is 261 g/mol. The number of esters is 1. The third-order valence-electron chi connectivity index (χ3n) is 2.10. The zero-order valence-electron chi connectivity index (χ0n) is 9.42. The summed E-state index contributed by atoms with van der Waals surface area (Å²) >= 11 is 0. The number of nitrogens with two attached hydrogens (primary N) is 1. The van der Waals surface area contributed by atoms with Crippen LogP contribution in [0, 0.1) is 0 Å². The molecule has 0 saturated heterocycles. The van der Waals surface area contributed by atoms with Gasteiger partial charge in [-0.05, 0) is 25.1 Å². The van der Waals surface area contributed by atoms with Crippen molar-refractivity contribution >= 4 is 18.4 Å². The summed E-state index contributed by atoms with van der Waals surface area (Å²) in [6.45, 7) is 1.99. The van der Waals surface area contributed by atoms with Gasteiger partial charge in [0.2, 0.25) is 0 Å². The molecule has 0 saturated carbocycles. The summed E-state index contributed by atoms with van der Waals surface area (Å²) in [6, 6.07) is 3.32. The minimum atomic E-state index is -0.689. The first-order valence-electron chi connectivity index (χ1n) is 4.97. The lowest BCUT2D eigenvalue weighted by Gasteiger charge is -2.13. The summed E-state index contributed by atoms with van der Waals surface area (Å²) in [6.07, 6.45) is -0.0369. The number of aromatic hydroxyl groups is 2. The first kappa shape index (κ1) is 15.5. The number of phenolic OH excluding ortho intramolecular Hbond substituents is 2. The van der Waals surface area contributed by atoms with Crippen LogP contribution >= 0.6 is 12.4 Å². The van der Waals surface area contributed by atoms with E-state index in [9.17, 15) is 15.0 Å². The van der Waals surface area contributed by atoms with E-state index in [-0.39, 0.29) is 36.9 Å². The van der Waals surface area contributed by atoms with E-state index < -0.39 is 12.0 Å². The van der Waals surface area contributed by atoms with Gasteiger partial charge in [0.05, 0.1) is 13.0 Å². The number of hydrogen-bond acceptors (Lipinski definition) is 5. The number of ether oxygens (including phenoxy) is 1. The number of phenols is 2. The van der Waals surface area contributed by atoms with Gasteiger partial charge in [-0.15, -0.1) is 12.4 Å². The van der Waals surface area contributed by atoms with Crippen molar-refractivity contribution in [2.24, 2.45) is 5.73 Å². The molecule has 0 spiro atoms. The Hall–Kier alpha value is -1.46. The highest BCUT2D eigenvalue weighted by Crippen LogP contribution is 2.28. The Morgan fingerprint density at radius 3 is 2.71 bits per heavy atom. The van der Waals surface area contributed by atoms with Crippen molar-refractivity contribution in [1.82, 2.24) is 0 Å². The molecule has 0 radical (unpaired) electrons. The third kappa shape index (κ3) is 4.50. The highest BCUT2D eigenvalue weighted by Gasteiger charge is 2.16. The minimum Gasteiger partial charge on any atom is -0.508 e. The Balaban J connectivity index is 0.00000256. The number of carbonyl (C=O) groups is 1. The van der Waals surface area contributed by atoms with Crippen molar-refractivity contribution in [2.75, 3.05) is 6.61 Å². The Morgan fingerprint density at radius 2 is 2.12 bits per heavy atom. The molecule has 1 aromatic carbocycles. The molecule has 0 aliphatic carbocycles. The van der Waals surface area contributed by atoms with Gasteiger partial charge in [-0.2, -0.15) is 0 Å². The largest absolute Gasteiger partial charge is 0.508 e. The van der Waals surface area contributed by atoms with Crippen molar-refractivity contribution < 1.29 is 19.7 Å². The summed E-state index contributed by atoms with van der Waals surface area (Å²) in [5.41, 5.74) is 6.05. The Bertz CT molecular complexity index is 384. The molecule has 96 valence electrons. The first-order valence-corrected chi connectivity index (χ1v) is 4.97. The second-order valence-corrected chi connectivity index (χ2v) is 3.36. The summed E-state index contributed by atoms with van der Waals surface area (Å²) in [4.78, 5) is 11.2. The molecule has 4 N–H and O–H groups in total. The van der Waals surface area contributed by atoms with E-state index in [0.29, 0.717) is 5.56 Å². The van der Waals surface area contributed by atoms with E-state index in [2.05, 4.69) is 0 Å². The van der Waals surface area contributed by atoms with Crippen molar-refractivity contribution in [2.45, 2.75) is 19.4 Å². The van der Waals surface area contributed by atoms with Crippen molar-refractivity contribution in [1.29, 1.82) is 0 Å². The van der Waals surface area contributed by atoms with E-state index in [1.807, 2.05) is 0 Å². The van der Waals surface area contributed by atoms with E-state index >= 15 is 0 Å². The normalized spacial score (nSPS) is 11.4. The van der Waals surface area contributed by atoms with E-state index in [0.717, 1.165) is 0 Å². The SMILES string of the molecule is CCOC(=O)C[C@@H](N)c1cc(O)ccc1O.Cl. The zero-order chi connectivity index (χ0) is 12.1. The van der Waals surface area contributed by atoms with Gasteiger partial charge in [0.1, 0.15) is 11.5 Å². The molecule has 1 aromatic rings. The predicted molar refractivity (Wildman–Crippen MR) is 65.2 cm³/mol. The number of benzene rings is 1. The molecule has 0 amide bonds. The van der Waals surface area contributed by atoms with Crippen LogP contribution in [0.25, 0.3) is 0 Å². The van der Waals surface area contributed by atoms with Crippen LogP contribution in [0.3, 0.4) is 0 Å². The average Bonchev–Trinajstić information content (AvgIpc) is 2.21. The molecule has 6 heteroatoms. The van der Waals surface area contributed by atoms with Crippen LogP contribution in [0.2, 0.25) is 0 Å². The van der Waals surface area contributed by atoms with Crippen LogP contribution in [0.15, 0.2) is 18.2 Å². The number of carbonyl (C=O) groups excluding carboxylic acids is 1. The molecule has 0 unspecified atom stereocenters. The molecular formula is C11H16ClNO4. The Morgan fingerprint density at radius 1 is 1.47 bits per heavy atom. The van der Waals surface area contributed by atoms with E-state index in [1.165, 1.54) is 18.2 Å². The average molecular weight is 262 g/mol. The van der Waals surface area contributed by atoms with Gasteiger partial charge >= 0.3 is 5.97 Å². The lowest BCUT2D eigenvalue weighted by atomic mass is 10.0. The maximum absolute atomic E-state index is 11.2. The topological polar surface area (TPSA) is 92.8 Å². The lowest BCUT2D eigenvalue weighted by molar-refractivity contribution is -0.143. The van der Waals surface area contributed by atoms with Crippen LogP contribution in [0.1, 0.15) is 24.9 Å². The number of rotatable bonds is 4. The van der Waals surface area contributed by atoms with Gasteiger partial charge in [0.15, 0.2) is 0 Å². The minimum absolute atomic E-state index is 0. The molecule has 17 heavy (non-hydrogen) atoms. The summed E-state index contributed by atoms with van der Waals surface area (Å²) < 4.78 is 4.74. The van der Waals surface area contributed by atoms with Crippen molar-refractivity contribution in [3.63, 3.8) is 0 Å². The van der Waals surface area contributed by atoms with Gasteiger partial charge < -0.3 is 20.7 Å². The summed E-state index contributed by atoms with van der Waals surface area (Å²) in [7, 11) is 0. The fraction of sp³-hybridized carbons (Fsp3) is 0.364. The molecule has 0 heterocycles. The molecule has 0 aliphatic heterocycles. The standard InChI is InChI=1S/C11H15NO4.ClH/c1-2-16-11(15)6-9(12)8-5-7(13)3-4-10(8)14;/h3-5,9,13-14H,2,6,12H2,1H3;1H/t9-;/m1./s1. The fourth-order valence-corrected chi connectivity index (χ4v) is 1.35. The van der Waals surface area contributed by atoms with Gasteiger partial charge in [-0.25, -0.2) is 0 Å². The smallest absolute Gasteiger partial charge is 0.307 e. The second-order valence-electron chi connectivity index (χ2n) is 3.36. The predicted octanol–water partition coefficient (Wildman–Crippen LogP) is 1.47. The highest BCUT2D eigenvalue weighted by atomic mass is 35.5. The maximum atomic E-state index is 11.2. The molecule has 0 aliphatic rings. The van der Waals surface area contributed by atoms with Crippen LogP contribution in [0.4, 0.5) is 0 Å². The number of hydrogen-bond donors (Lipinski definition) is 3. The van der Waals surface area contributed by atoms with E-state index in [1.54, 1.807) is 6.92 Å². The van der Waals surface area contributed by atoms with Crippen LogP contribution < -0.4 is 5.73 Å². The summed E-state index contributed by atoms with van der Waals surface area (Å²) in [5.74, 6) is -0.487. The molecule has 0 aromatic heterocycles. The highest BCUT2D eigenvalue weighted by molar-refractivity contribution is 5.85. The van der Waals surface area contributed by atoms with Gasteiger partial charge in [0.25, 0.3) is 0 Å². The van der Waals surface area contributed by atoms with Crippen LogP contribution in [-0.4, -0.2) is 22.8 Å². The second kappa shape index (κ2) is 6.98. The van der Waals surface area contributed by atoms with Gasteiger partial charge in [0, 0.05) is 11.6 Å². The Labute approximate surface area is 106 Å². The van der Waals surface area contributed by atoms with Gasteiger partial charge in [-0.1, -0.05) is 0 Å². The van der Waals surface area contributed by atoms with Crippen LogP contribution in [-0.2, 0) is 9.53 Å². The quantitative estimate of drug-likeness (QED) is 0.564. The first-order chi connectivity index (χ1) is 7.54. The van der Waals surface area contributed by atoms with Crippen molar-refractivity contribution in [3.8, 4) is 11.5 Å². The fourth-order valence-electron chi connectivity index (χ4n) is 1.35. The third-order valence-corrected chi connectivity index (χ3v) is 2.10. The maximum Gasteiger partial charge on any atom is 0.307 e. The van der Waals surface area contributed by atoms with E-state index in [4.69, 9.17) is 10.5 Å². The Kier molecular flexibility index (Phi) is 6.38. The lowest BCUT2D eigenvalue weighted by Crippen LogP contribution is -2.17. The summed E-state index contributed by atoms with van der Waals surface area (Å²) in [5, 5.41) is 18.7. The number of halogens is 1. The molecule has 0 bridgehead atoms. The van der Waals surface area contributed by atoms with Gasteiger partial charge in [-0.3, -0.25) is 4.79 Å². The van der Waals surface area contributed by atoms with Crippen molar-refractivity contribution in [3.05, 3.63) is 23.8 Å². The molecular weight excluding hydrogens is 246 g/mol. The zero-order valence-corrected chi connectivity index (χ0v) is 10.2. The molecule has 0 fully saturated rings. The molecule has 5 nitrogen and oxygen atoms in total. The van der Waals surface area contributed by atoms with Crippen LogP contribution in [0.5, 0.6) is 11.5 Å².